The Morgan fingerprint density at radius 2 is 1.12 bits per heavy atom. The van der Waals surface area contributed by atoms with Crippen LogP contribution in [-0.4, -0.2) is 10.5 Å². The summed E-state index contributed by atoms with van der Waals surface area (Å²) in [6.07, 6.45) is 2.89. The van der Waals surface area contributed by atoms with E-state index in [1.807, 2.05) is 0 Å². The average Bonchev–Trinajstić information content (AvgIpc) is 2.78. The van der Waals surface area contributed by atoms with Gasteiger partial charge in [0.2, 0.25) is 0 Å². The maximum absolute atomic E-state index is 13.3. The molecule has 33 heavy (non-hydrogen) atoms. The Balaban J connectivity index is 0.00000153. The smallest absolute Gasteiger partial charge is 0.872 e. The van der Waals surface area contributed by atoms with Gasteiger partial charge in [0.25, 0.3) is 0 Å². The van der Waals surface area contributed by atoms with Crippen molar-refractivity contribution in [2.75, 3.05) is 0 Å². The number of hydrogen-bond acceptors (Lipinski definition) is 8. The number of para-hydroxylation sites is 2. The van der Waals surface area contributed by atoms with Crippen LogP contribution in [0.3, 0.4) is 0 Å². The standard InChI is InChI=1S/C24H15NO6.La.H2O/c26-21-14-5-1-3-7-16(14)30-23(28)19(21)18(13-9-11-25-12-10-13)20-22(27)15-6-2-4-8-17(15)31-24(20)29;;/h1-12,18,26-27H;;1H2/q;+3;/p-3. The van der Waals surface area contributed by atoms with Gasteiger partial charge in [0, 0.05) is 40.2 Å². The van der Waals surface area contributed by atoms with E-state index in [9.17, 15) is 19.8 Å². The van der Waals surface area contributed by atoms with E-state index in [0.29, 0.717) is 5.56 Å². The van der Waals surface area contributed by atoms with Gasteiger partial charge in [-0.05, 0) is 29.8 Å². The maximum atomic E-state index is 13.3. The van der Waals surface area contributed by atoms with Crippen LogP contribution in [0.4, 0.5) is 0 Å². The molecule has 0 fully saturated rings. The van der Waals surface area contributed by atoms with Crippen molar-refractivity contribution in [2.45, 2.75) is 5.92 Å². The first-order chi connectivity index (χ1) is 15.1. The van der Waals surface area contributed by atoms with E-state index in [0.717, 1.165) is 0 Å². The molecule has 0 aliphatic rings. The van der Waals surface area contributed by atoms with Crippen molar-refractivity contribution in [3.05, 3.63) is 111 Å². The zero-order valence-electron chi connectivity index (χ0n) is 16.9. The number of fused-ring (bicyclic) bond motifs is 2. The van der Waals surface area contributed by atoms with Crippen LogP contribution in [-0.2, 0) is 0 Å². The summed E-state index contributed by atoms with van der Waals surface area (Å²) in [7, 11) is 0. The molecule has 0 unspecified atom stereocenters. The Bertz CT molecular complexity index is 1460. The summed E-state index contributed by atoms with van der Waals surface area (Å²) in [5, 5.41) is 27.0. The van der Waals surface area contributed by atoms with Crippen LogP contribution < -0.4 is 21.5 Å². The normalized spacial score (nSPS) is 10.7. The van der Waals surface area contributed by atoms with Crippen molar-refractivity contribution in [3.8, 4) is 11.5 Å². The molecule has 160 valence electrons. The van der Waals surface area contributed by atoms with Gasteiger partial charge in [0.15, 0.2) is 0 Å². The molecule has 0 spiro atoms. The number of hydrogen-bond donors (Lipinski definition) is 0. The molecule has 0 saturated carbocycles. The zero-order valence-corrected chi connectivity index (χ0v) is 20.6. The van der Waals surface area contributed by atoms with Gasteiger partial charge in [-0.3, -0.25) is 4.98 Å². The summed E-state index contributed by atoms with van der Waals surface area (Å²) in [6.45, 7) is 0. The van der Waals surface area contributed by atoms with E-state index in [2.05, 4.69) is 4.98 Å². The number of benzene rings is 2. The third kappa shape index (κ3) is 4.11. The molecule has 1 N–H and O–H groups in total. The molecule has 0 bridgehead atoms. The summed E-state index contributed by atoms with van der Waals surface area (Å²) in [5.41, 5.74) is -1.87. The first kappa shape index (κ1) is 24.4. The van der Waals surface area contributed by atoms with Crippen LogP contribution in [0.1, 0.15) is 22.6 Å². The molecule has 8 nitrogen and oxygen atoms in total. The molecule has 2 aromatic carbocycles. The first-order valence-corrected chi connectivity index (χ1v) is 9.41. The number of nitrogens with zero attached hydrogens (tertiary/aromatic N) is 1. The van der Waals surface area contributed by atoms with Crippen LogP contribution >= 0.6 is 0 Å². The van der Waals surface area contributed by atoms with Gasteiger partial charge in [0.05, 0.1) is 0 Å². The fourth-order valence-corrected chi connectivity index (χ4v) is 3.80. The Morgan fingerprint density at radius 1 is 0.697 bits per heavy atom. The van der Waals surface area contributed by atoms with Crippen molar-refractivity contribution in [2.24, 2.45) is 0 Å². The van der Waals surface area contributed by atoms with Crippen LogP contribution in [0.15, 0.2) is 91.5 Å². The van der Waals surface area contributed by atoms with Crippen LogP contribution in [0, 0.1) is 35.6 Å². The Labute approximate surface area is 214 Å². The van der Waals surface area contributed by atoms with Gasteiger partial charge in [-0.25, -0.2) is 9.59 Å². The van der Waals surface area contributed by atoms with Gasteiger partial charge in [0.1, 0.15) is 11.2 Å². The third-order valence-electron chi connectivity index (χ3n) is 5.21. The summed E-state index contributed by atoms with van der Waals surface area (Å²) in [5.74, 6) is -2.49. The van der Waals surface area contributed by atoms with Gasteiger partial charge in [-0.2, -0.15) is 0 Å². The molecule has 0 atom stereocenters. The monoisotopic (exact) mass is 567 g/mol. The molecule has 0 aliphatic carbocycles. The molecule has 0 saturated heterocycles. The van der Waals surface area contributed by atoms with E-state index >= 15 is 0 Å². The van der Waals surface area contributed by atoms with E-state index < -0.39 is 28.7 Å². The minimum absolute atomic E-state index is 0. The van der Waals surface area contributed by atoms with Gasteiger partial charge in [-0.15, -0.1) is 0 Å². The van der Waals surface area contributed by atoms with Crippen molar-refractivity contribution in [1.29, 1.82) is 0 Å². The van der Waals surface area contributed by atoms with E-state index in [1.165, 1.54) is 48.8 Å². The van der Waals surface area contributed by atoms with Crippen molar-refractivity contribution in [3.63, 3.8) is 0 Å². The van der Waals surface area contributed by atoms with E-state index in [1.54, 1.807) is 24.3 Å². The minimum Gasteiger partial charge on any atom is -0.872 e. The molecule has 9 heteroatoms. The molecule has 3 aromatic heterocycles. The molecule has 5 rings (SSSR count). The van der Waals surface area contributed by atoms with Gasteiger partial charge >= 0.3 is 46.9 Å². The fraction of sp³-hybridized carbons (Fsp3) is 0.0417. The Kier molecular flexibility index (Phi) is 7.19. The van der Waals surface area contributed by atoms with Gasteiger partial charge < -0.3 is 24.5 Å². The molecule has 0 aliphatic heterocycles. The number of pyridine rings is 1. The third-order valence-corrected chi connectivity index (χ3v) is 5.21. The van der Waals surface area contributed by atoms with Crippen molar-refractivity contribution in [1.82, 2.24) is 4.98 Å². The summed E-state index contributed by atoms with van der Waals surface area (Å²) in [4.78, 5) is 29.8. The first-order valence-electron chi connectivity index (χ1n) is 9.41. The van der Waals surface area contributed by atoms with Crippen molar-refractivity contribution < 1.29 is 60.1 Å². The van der Waals surface area contributed by atoms with Gasteiger partial charge in [-0.1, -0.05) is 47.9 Å². The second-order valence-corrected chi connectivity index (χ2v) is 6.97. The molecule has 3 heterocycles. The van der Waals surface area contributed by atoms with E-state index in [4.69, 9.17) is 8.83 Å². The second kappa shape index (κ2) is 9.72. The van der Waals surface area contributed by atoms with E-state index in [-0.39, 0.29) is 74.1 Å². The Hall–Kier alpha value is -3.24. The average molecular weight is 567 g/mol. The predicted octanol–water partition coefficient (Wildman–Crippen LogP) is 2.44. The van der Waals surface area contributed by atoms with Crippen LogP contribution in [0.2, 0.25) is 0 Å². The quantitative estimate of drug-likeness (QED) is 0.302. The molecular formula is C24H14LaNO7. The van der Waals surface area contributed by atoms with Crippen LogP contribution in [0.25, 0.3) is 21.9 Å². The maximum Gasteiger partial charge on any atom is 3.00 e. The Morgan fingerprint density at radius 3 is 1.58 bits per heavy atom. The second-order valence-electron chi connectivity index (χ2n) is 6.97. The number of aromatic nitrogens is 1. The molecule has 0 radical (unpaired) electrons. The summed E-state index contributed by atoms with van der Waals surface area (Å²) < 4.78 is 10.7. The number of rotatable bonds is 3. The minimum atomic E-state index is -1.27. The topological polar surface area (TPSA) is 149 Å². The SMILES string of the molecule is O=c1oc2ccccc2c([O-])c1C(c1ccncc1)c1c([O-])c2ccccc2oc1=O.[La+3].[OH-]. The van der Waals surface area contributed by atoms with Crippen molar-refractivity contribution >= 4 is 21.9 Å². The summed E-state index contributed by atoms with van der Waals surface area (Å²) in [6, 6.07) is 15.7. The predicted molar refractivity (Wildman–Crippen MR) is 111 cm³/mol. The molecule has 0 amide bonds. The summed E-state index contributed by atoms with van der Waals surface area (Å²) >= 11 is 0. The van der Waals surface area contributed by atoms with Crippen LogP contribution in [0.5, 0.6) is 11.5 Å². The fourth-order valence-electron chi connectivity index (χ4n) is 3.80. The zero-order chi connectivity index (χ0) is 21.5. The molecule has 5 aromatic rings. The largest absolute Gasteiger partial charge is 3.00 e. The molecular weight excluding hydrogens is 553 g/mol.